The summed E-state index contributed by atoms with van der Waals surface area (Å²) in [6, 6.07) is 0. The second kappa shape index (κ2) is 3.72. The average molecular weight is 135 g/mol. The predicted molar refractivity (Wildman–Crippen MR) is 30.6 cm³/mol. The van der Waals surface area contributed by atoms with E-state index in [2.05, 4.69) is 11.1 Å². The van der Waals surface area contributed by atoms with Crippen LogP contribution in [0, 0.1) is 0 Å². The first-order valence-electron chi connectivity index (χ1n) is 2.12. The first kappa shape index (κ1) is 7.76. The molecular weight excluding hydrogens is 127 g/mol. The molecule has 2 unspecified atom stereocenters. The summed E-state index contributed by atoms with van der Waals surface area (Å²) in [6.07, 6.45) is 1.10. The Hall–Kier alpha value is -0.240. The molecule has 0 radical (unpaired) electrons. The lowest BCUT2D eigenvalue weighted by Gasteiger charge is -1.88. The monoisotopic (exact) mass is 135 g/mol. The quantitative estimate of drug-likeness (QED) is 0.467. The Bertz CT molecular complexity index is 101. The molecule has 0 rings (SSSR count). The van der Waals surface area contributed by atoms with E-state index in [9.17, 15) is 4.57 Å². The van der Waals surface area contributed by atoms with Gasteiger partial charge in [-0.3, -0.25) is 0 Å². The Morgan fingerprint density at radius 2 is 2.50 bits per heavy atom. The fraction of sp³-hybridized carbons (Fsp3) is 0.500. The van der Waals surface area contributed by atoms with Gasteiger partial charge in [0.25, 0.3) is 0 Å². The SMILES string of the molecule is C=CC(C)O[P+](=O)O. The van der Waals surface area contributed by atoms with Gasteiger partial charge in [0.2, 0.25) is 0 Å². The highest BCUT2D eigenvalue weighted by Crippen LogP contribution is 2.17. The summed E-state index contributed by atoms with van der Waals surface area (Å²) in [4.78, 5) is 8.09. The van der Waals surface area contributed by atoms with E-state index in [1.165, 1.54) is 6.08 Å². The van der Waals surface area contributed by atoms with Crippen LogP contribution in [0.25, 0.3) is 0 Å². The molecule has 0 bridgehead atoms. The van der Waals surface area contributed by atoms with Crippen LogP contribution in [-0.4, -0.2) is 11.0 Å². The fourth-order valence-electron chi connectivity index (χ4n) is 0.185. The molecule has 0 heterocycles. The highest BCUT2D eigenvalue weighted by molar-refractivity contribution is 7.32. The summed E-state index contributed by atoms with van der Waals surface area (Å²) in [5, 5.41) is 0. The van der Waals surface area contributed by atoms with Gasteiger partial charge in [0.15, 0.2) is 0 Å². The Morgan fingerprint density at radius 1 is 2.00 bits per heavy atom. The zero-order valence-corrected chi connectivity index (χ0v) is 5.47. The van der Waals surface area contributed by atoms with Crippen LogP contribution in [0.2, 0.25) is 0 Å². The van der Waals surface area contributed by atoms with Crippen molar-refractivity contribution in [2.75, 3.05) is 0 Å². The first-order valence-corrected chi connectivity index (χ1v) is 3.25. The predicted octanol–water partition coefficient (Wildman–Crippen LogP) is 1.23. The van der Waals surface area contributed by atoms with Crippen LogP contribution < -0.4 is 0 Å². The molecule has 3 nitrogen and oxygen atoms in total. The van der Waals surface area contributed by atoms with Crippen LogP contribution in [0.5, 0.6) is 0 Å². The van der Waals surface area contributed by atoms with E-state index in [0.717, 1.165) is 0 Å². The molecular formula is C4H8O3P+. The molecule has 0 aromatic rings. The molecule has 0 spiro atoms. The molecule has 0 saturated carbocycles. The Morgan fingerprint density at radius 3 is 2.62 bits per heavy atom. The minimum absolute atomic E-state index is 0.344. The van der Waals surface area contributed by atoms with Crippen molar-refractivity contribution in [1.29, 1.82) is 0 Å². The Labute approximate surface area is 48.9 Å². The minimum atomic E-state index is -2.47. The second-order valence-electron chi connectivity index (χ2n) is 1.28. The highest BCUT2D eigenvalue weighted by Gasteiger charge is 2.14. The lowest BCUT2D eigenvalue weighted by molar-refractivity contribution is 0.245. The molecule has 2 atom stereocenters. The van der Waals surface area contributed by atoms with Gasteiger partial charge < -0.3 is 0 Å². The van der Waals surface area contributed by atoms with Gasteiger partial charge in [-0.15, -0.1) is 16.0 Å². The van der Waals surface area contributed by atoms with E-state index in [-0.39, 0.29) is 6.10 Å². The van der Waals surface area contributed by atoms with E-state index in [1.54, 1.807) is 6.92 Å². The van der Waals surface area contributed by atoms with E-state index in [4.69, 9.17) is 4.89 Å². The van der Waals surface area contributed by atoms with Gasteiger partial charge in [0.1, 0.15) is 6.10 Å². The molecule has 0 aliphatic rings. The molecule has 0 aliphatic heterocycles. The van der Waals surface area contributed by atoms with Crippen LogP contribution in [0.1, 0.15) is 6.92 Å². The van der Waals surface area contributed by atoms with Crippen LogP contribution in [0.15, 0.2) is 12.7 Å². The van der Waals surface area contributed by atoms with Gasteiger partial charge in [0, 0.05) is 4.57 Å². The van der Waals surface area contributed by atoms with Crippen molar-refractivity contribution < 1.29 is 14.0 Å². The fourth-order valence-corrected chi connectivity index (χ4v) is 0.556. The molecule has 0 saturated heterocycles. The van der Waals surface area contributed by atoms with Crippen LogP contribution in [-0.2, 0) is 9.09 Å². The third-order valence-corrected chi connectivity index (χ3v) is 1.10. The van der Waals surface area contributed by atoms with Crippen molar-refractivity contribution in [2.45, 2.75) is 13.0 Å². The van der Waals surface area contributed by atoms with Gasteiger partial charge in [0.05, 0.1) is 0 Å². The molecule has 0 fully saturated rings. The summed E-state index contributed by atoms with van der Waals surface area (Å²) in [7, 11) is -2.47. The lowest BCUT2D eigenvalue weighted by Crippen LogP contribution is -1.95. The third-order valence-electron chi connectivity index (χ3n) is 0.588. The smallest absolute Gasteiger partial charge is 0.133 e. The number of hydrogen-bond donors (Lipinski definition) is 1. The average Bonchev–Trinajstić information content (AvgIpc) is 1.65. The van der Waals surface area contributed by atoms with E-state index in [0.29, 0.717) is 0 Å². The van der Waals surface area contributed by atoms with Gasteiger partial charge >= 0.3 is 8.25 Å². The normalized spacial score (nSPS) is 15.0. The van der Waals surface area contributed by atoms with Gasteiger partial charge in [-0.05, 0) is 6.92 Å². The molecule has 46 valence electrons. The molecule has 4 heteroatoms. The largest absolute Gasteiger partial charge is 0.695 e. The summed E-state index contributed by atoms with van der Waals surface area (Å²) in [5.74, 6) is 0. The maximum absolute atomic E-state index is 9.85. The second-order valence-corrected chi connectivity index (χ2v) is 1.97. The van der Waals surface area contributed by atoms with Crippen LogP contribution >= 0.6 is 8.25 Å². The summed E-state index contributed by atoms with van der Waals surface area (Å²) >= 11 is 0. The van der Waals surface area contributed by atoms with Crippen molar-refractivity contribution in [2.24, 2.45) is 0 Å². The number of hydrogen-bond acceptors (Lipinski definition) is 2. The maximum Gasteiger partial charge on any atom is 0.695 e. The summed E-state index contributed by atoms with van der Waals surface area (Å²) in [5.41, 5.74) is 0. The number of rotatable bonds is 3. The van der Waals surface area contributed by atoms with Gasteiger partial charge in [-0.25, -0.2) is 0 Å². The lowest BCUT2D eigenvalue weighted by atomic mass is 10.4. The minimum Gasteiger partial charge on any atom is -0.133 e. The van der Waals surface area contributed by atoms with Gasteiger partial charge in [-0.2, -0.15) is 0 Å². The first-order chi connectivity index (χ1) is 3.66. The molecule has 0 amide bonds. The maximum atomic E-state index is 9.85. The summed E-state index contributed by atoms with van der Waals surface area (Å²) < 4.78 is 14.2. The van der Waals surface area contributed by atoms with Crippen LogP contribution in [0.3, 0.4) is 0 Å². The van der Waals surface area contributed by atoms with Crippen molar-refractivity contribution in [3.8, 4) is 0 Å². The van der Waals surface area contributed by atoms with Crippen molar-refractivity contribution in [3.05, 3.63) is 12.7 Å². The van der Waals surface area contributed by atoms with Crippen molar-refractivity contribution in [3.63, 3.8) is 0 Å². The zero-order valence-electron chi connectivity index (χ0n) is 4.57. The Balaban J connectivity index is 3.38. The molecule has 0 aromatic carbocycles. The van der Waals surface area contributed by atoms with Gasteiger partial charge in [-0.1, -0.05) is 6.08 Å². The van der Waals surface area contributed by atoms with Crippen molar-refractivity contribution in [1.82, 2.24) is 0 Å². The van der Waals surface area contributed by atoms with Crippen molar-refractivity contribution >= 4 is 8.25 Å². The van der Waals surface area contributed by atoms with E-state index < -0.39 is 8.25 Å². The standard InChI is InChI=1S/C4H7O3P/c1-3-4(2)7-8(5)6/h3-4H,1H2,2H3/p+1. The van der Waals surface area contributed by atoms with E-state index >= 15 is 0 Å². The zero-order chi connectivity index (χ0) is 6.57. The summed E-state index contributed by atoms with van der Waals surface area (Å²) in [6.45, 7) is 4.98. The third kappa shape index (κ3) is 3.93. The Kier molecular flexibility index (Phi) is 3.61. The molecule has 8 heavy (non-hydrogen) atoms. The molecule has 0 aliphatic carbocycles. The highest BCUT2D eigenvalue weighted by atomic mass is 31.1. The molecule has 1 N–H and O–H groups in total. The molecule has 0 aromatic heterocycles. The topological polar surface area (TPSA) is 46.5 Å². The van der Waals surface area contributed by atoms with E-state index in [1.807, 2.05) is 0 Å². The van der Waals surface area contributed by atoms with Crippen LogP contribution in [0.4, 0.5) is 0 Å².